The van der Waals surface area contributed by atoms with E-state index in [1.54, 1.807) is 33.2 Å². The molecule has 3 heterocycles. The van der Waals surface area contributed by atoms with Crippen LogP contribution in [0.25, 0.3) is 0 Å². The number of aromatic nitrogens is 3. The standard InChI is InChI=1S/C23H31FN4O4/c1-15-25-22(29)28(23(30)26(15)2)13-20(31-3)12-27-17-8-9-18(27)11-19(10-17)32-14-16-6-4-5-7-21(16)24/h4-7,17-20H,8-14H2,1-3H3. The maximum Gasteiger partial charge on any atom is 0.353 e. The Kier molecular flexibility index (Phi) is 6.88. The Morgan fingerprint density at radius 3 is 2.50 bits per heavy atom. The number of methoxy groups -OCH3 is 1. The molecule has 0 spiro atoms. The predicted molar refractivity (Wildman–Crippen MR) is 117 cm³/mol. The Bertz CT molecular complexity index is 1050. The second-order valence-electron chi connectivity index (χ2n) is 8.83. The Balaban J connectivity index is 1.38. The molecule has 2 aromatic rings. The van der Waals surface area contributed by atoms with Crippen molar-refractivity contribution >= 4 is 0 Å². The lowest BCUT2D eigenvalue weighted by atomic mass is 9.99. The molecule has 0 radical (unpaired) electrons. The third-order valence-electron chi connectivity index (χ3n) is 6.90. The molecule has 174 valence electrons. The average molecular weight is 447 g/mol. The number of benzene rings is 1. The number of nitrogens with zero attached hydrogens (tertiary/aromatic N) is 4. The van der Waals surface area contributed by atoms with Crippen LogP contribution in [0.4, 0.5) is 4.39 Å². The largest absolute Gasteiger partial charge is 0.378 e. The monoisotopic (exact) mass is 446 g/mol. The van der Waals surface area contributed by atoms with Crippen LogP contribution in [0, 0.1) is 12.7 Å². The van der Waals surface area contributed by atoms with E-state index in [0.29, 0.717) is 30.0 Å². The fraction of sp³-hybridized carbons (Fsp3) is 0.609. The van der Waals surface area contributed by atoms with Crippen molar-refractivity contribution in [1.82, 2.24) is 19.0 Å². The van der Waals surface area contributed by atoms with Crippen LogP contribution in [0.5, 0.6) is 0 Å². The smallest absolute Gasteiger partial charge is 0.353 e. The van der Waals surface area contributed by atoms with Gasteiger partial charge >= 0.3 is 11.4 Å². The first kappa shape index (κ1) is 22.8. The van der Waals surface area contributed by atoms with Crippen molar-refractivity contribution in [3.8, 4) is 0 Å². The van der Waals surface area contributed by atoms with E-state index in [1.807, 2.05) is 6.07 Å². The SMILES string of the molecule is COC(CN1C2CCC1CC(OCc1ccccc1F)C2)Cn1c(=O)nc(C)n(C)c1=O. The van der Waals surface area contributed by atoms with Gasteiger partial charge in [-0.1, -0.05) is 18.2 Å². The molecule has 0 amide bonds. The zero-order chi connectivity index (χ0) is 22.8. The zero-order valence-corrected chi connectivity index (χ0v) is 18.9. The summed E-state index contributed by atoms with van der Waals surface area (Å²) in [5.41, 5.74) is -0.343. The molecule has 2 aliphatic rings. The van der Waals surface area contributed by atoms with E-state index in [2.05, 4.69) is 9.88 Å². The van der Waals surface area contributed by atoms with Gasteiger partial charge in [-0.25, -0.2) is 18.5 Å². The van der Waals surface area contributed by atoms with Crippen LogP contribution in [0.1, 0.15) is 37.1 Å². The molecule has 3 unspecified atom stereocenters. The first-order chi connectivity index (χ1) is 15.4. The van der Waals surface area contributed by atoms with Crippen LogP contribution in [-0.4, -0.2) is 57.0 Å². The molecule has 0 saturated carbocycles. The molecule has 1 aromatic heterocycles. The summed E-state index contributed by atoms with van der Waals surface area (Å²) in [6, 6.07) is 7.43. The quantitative estimate of drug-likeness (QED) is 0.613. The number of hydrogen-bond acceptors (Lipinski definition) is 6. The van der Waals surface area contributed by atoms with Gasteiger partial charge in [0.15, 0.2) is 0 Å². The van der Waals surface area contributed by atoms with E-state index < -0.39 is 5.69 Å². The predicted octanol–water partition coefficient (Wildman–Crippen LogP) is 1.62. The number of aryl methyl sites for hydroxylation is 1. The Morgan fingerprint density at radius 2 is 1.84 bits per heavy atom. The van der Waals surface area contributed by atoms with Gasteiger partial charge in [-0.2, -0.15) is 4.98 Å². The van der Waals surface area contributed by atoms with Crippen LogP contribution in [0.3, 0.4) is 0 Å². The molecular formula is C23H31FN4O4. The molecule has 0 N–H and O–H groups in total. The van der Waals surface area contributed by atoms with E-state index in [9.17, 15) is 14.0 Å². The maximum atomic E-state index is 13.9. The van der Waals surface area contributed by atoms with Gasteiger partial charge in [0.25, 0.3) is 0 Å². The van der Waals surface area contributed by atoms with Crippen LogP contribution in [0.15, 0.2) is 33.9 Å². The highest BCUT2D eigenvalue weighted by Gasteiger charge is 2.42. The van der Waals surface area contributed by atoms with E-state index in [4.69, 9.17) is 9.47 Å². The molecule has 0 aliphatic carbocycles. The number of rotatable bonds is 8. The first-order valence-corrected chi connectivity index (χ1v) is 11.2. The molecule has 4 rings (SSSR count). The Morgan fingerprint density at radius 1 is 1.16 bits per heavy atom. The fourth-order valence-electron chi connectivity index (χ4n) is 4.96. The number of piperidine rings is 1. The third kappa shape index (κ3) is 4.69. The van der Waals surface area contributed by atoms with Gasteiger partial charge in [0.1, 0.15) is 11.6 Å². The maximum absolute atomic E-state index is 13.9. The lowest BCUT2D eigenvalue weighted by molar-refractivity contribution is -0.0457. The zero-order valence-electron chi connectivity index (χ0n) is 18.9. The van der Waals surface area contributed by atoms with E-state index >= 15 is 0 Å². The summed E-state index contributed by atoms with van der Waals surface area (Å²) in [4.78, 5) is 31.2. The van der Waals surface area contributed by atoms with Crippen molar-refractivity contribution in [3.63, 3.8) is 0 Å². The first-order valence-electron chi connectivity index (χ1n) is 11.2. The van der Waals surface area contributed by atoms with Gasteiger partial charge in [0, 0.05) is 38.3 Å². The van der Waals surface area contributed by atoms with Crippen molar-refractivity contribution < 1.29 is 13.9 Å². The normalized spacial score (nSPS) is 24.1. The van der Waals surface area contributed by atoms with Crippen LogP contribution >= 0.6 is 0 Å². The summed E-state index contributed by atoms with van der Waals surface area (Å²) in [6.07, 6.45) is 3.72. The molecule has 2 bridgehead atoms. The van der Waals surface area contributed by atoms with Crippen LogP contribution in [-0.2, 0) is 29.7 Å². The highest BCUT2D eigenvalue weighted by atomic mass is 19.1. The number of fused-ring (bicyclic) bond motifs is 2. The lowest BCUT2D eigenvalue weighted by Gasteiger charge is -2.40. The summed E-state index contributed by atoms with van der Waals surface area (Å²) in [5, 5.41) is 0. The fourth-order valence-corrected chi connectivity index (χ4v) is 4.96. The summed E-state index contributed by atoms with van der Waals surface area (Å²) in [7, 11) is 3.21. The Labute approximate surface area is 186 Å². The molecule has 2 fully saturated rings. The molecule has 32 heavy (non-hydrogen) atoms. The number of ether oxygens (including phenoxy) is 2. The van der Waals surface area contributed by atoms with Crippen molar-refractivity contribution in [1.29, 1.82) is 0 Å². The highest BCUT2D eigenvalue weighted by Crippen LogP contribution is 2.37. The van der Waals surface area contributed by atoms with Crippen molar-refractivity contribution in [3.05, 3.63) is 62.4 Å². The van der Waals surface area contributed by atoms with E-state index in [0.717, 1.165) is 30.3 Å². The van der Waals surface area contributed by atoms with Gasteiger partial charge in [0.2, 0.25) is 0 Å². The van der Waals surface area contributed by atoms with Gasteiger partial charge in [-0.05, 0) is 38.7 Å². The van der Waals surface area contributed by atoms with Crippen LogP contribution in [0.2, 0.25) is 0 Å². The molecule has 9 heteroatoms. The van der Waals surface area contributed by atoms with Crippen molar-refractivity contribution in [2.45, 2.75) is 70.1 Å². The minimum atomic E-state index is -0.545. The second kappa shape index (κ2) is 9.64. The lowest BCUT2D eigenvalue weighted by Crippen LogP contribution is -2.51. The minimum Gasteiger partial charge on any atom is -0.378 e. The summed E-state index contributed by atoms with van der Waals surface area (Å²) < 4.78 is 28.1. The minimum absolute atomic E-state index is 0.0977. The molecule has 2 aliphatic heterocycles. The molecule has 3 atom stereocenters. The molecule has 8 nitrogen and oxygen atoms in total. The number of halogens is 1. The van der Waals surface area contributed by atoms with Gasteiger partial charge < -0.3 is 9.47 Å². The van der Waals surface area contributed by atoms with Gasteiger partial charge in [-0.15, -0.1) is 0 Å². The summed E-state index contributed by atoms with van der Waals surface area (Å²) in [5.74, 6) is 0.156. The van der Waals surface area contributed by atoms with Crippen molar-refractivity contribution in [2.24, 2.45) is 7.05 Å². The third-order valence-corrected chi connectivity index (χ3v) is 6.90. The van der Waals surface area contributed by atoms with Gasteiger partial charge in [-0.3, -0.25) is 9.47 Å². The topological polar surface area (TPSA) is 78.6 Å². The van der Waals surface area contributed by atoms with Crippen molar-refractivity contribution in [2.75, 3.05) is 13.7 Å². The second-order valence-corrected chi connectivity index (χ2v) is 8.83. The van der Waals surface area contributed by atoms with Gasteiger partial charge in [0.05, 0.1) is 25.4 Å². The van der Waals surface area contributed by atoms with E-state index in [1.165, 1.54) is 10.6 Å². The summed E-state index contributed by atoms with van der Waals surface area (Å²) in [6.45, 7) is 2.72. The molecule has 2 saturated heterocycles. The molecular weight excluding hydrogens is 415 g/mol. The Hall–Kier alpha value is -2.36. The number of hydrogen-bond donors (Lipinski definition) is 0. The van der Waals surface area contributed by atoms with E-state index in [-0.39, 0.29) is 36.9 Å². The van der Waals surface area contributed by atoms with Crippen LogP contribution < -0.4 is 11.4 Å². The summed E-state index contributed by atoms with van der Waals surface area (Å²) >= 11 is 0. The molecule has 1 aromatic carbocycles. The average Bonchev–Trinajstić information content (AvgIpc) is 3.00. The highest BCUT2D eigenvalue weighted by molar-refractivity contribution is 5.16.